The van der Waals surface area contributed by atoms with Crippen LogP contribution < -0.4 is 5.32 Å². The Morgan fingerprint density at radius 1 is 1.16 bits per heavy atom. The van der Waals surface area contributed by atoms with Gasteiger partial charge in [0.05, 0.1) is 13.2 Å². The smallest absolute Gasteiger partial charge is 0.409 e. The maximum absolute atomic E-state index is 12.1. The highest BCUT2D eigenvalue weighted by Crippen LogP contribution is 2.09. The zero-order valence-corrected chi connectivity index (χ0v) is 15.6. The minimum absolute atomic E-state index is 0.0224. The monoisotopic (exact) mass is 367 g/mol. The van der Waals surface area contributed by atoms with Crippen molar-refractivity contribution < 1.29 is 14.3 Å². The minimum Gasteiger partial charge on any atom is -0.449 e. The highest BCUT2D eigenvalue weighted by Gasteiger charge is 2.23. The molecule has 1 aromatic carbocycles. The van der Waals surface area contributed by atoms with E-state index in [4.69, 9.17) is 16.3 Å². The van der Waals surface area contributed by atoms with Gasteiger partial charge in [0.25, 0.3) is 0 Å². The molecule has 1 aromatic rings. The molecule has 1 saturated heterocycles. The summed E-state index contributed by atoms with van der Waals surface area (Å²) in [4.78, 5) is 27.7. The van der Waals surface area contributed by atoms with Gasteiger partial charge in [0.1, 0.15) is 0 Å². The van der Waals surface area contributed by atoms with Crippen LogP contribution in [0, 0.1) is 5.92 Å². The van der Waals surface area contributed by atoms with Crippen molar-refractivity contribution in [2.24, 2.45) is 5.92 Å². The van der Waals surface area contributed by atoms with Gasteiger partial charge in [-0.15, -0.1) is 0 Å². The molecule has 0 spiro atoms. The van der Waals surface area contributed by atoms with E-state index in [9.17, 15) is 9.59 Å². The summed E-state index contributed by atoms with van der Waals surface area (Å²) in [5.41, 5.74) is 1.01. The fraction of sp³-hybridized carbons (Fsp3) is 0.556. The van der Waals surface area contributed by atoms with Gasteiger partial charge in [0.2, 0.25) is 5.91 Å². The van der Waals surface area contributed by atoms with E-state index in [0.717, 1.165) is 5.56 Å². The molecule has 0 aromatic heterocycles. The van der Waals surface area contributed by atoms with E-state index in [1.54, 1.807) is 17.0 Å². The first-order valence-corrected chi connectivity index (χ1v) is 8.97. The lowest BCUT2D eigenvalue weighted by atomic mass is 10.2. The van der Waals surface area contributed by atoms with Gasteiger partial charge in [-0.05, 0) is 23.6 Å². The molecule has 2 rings (SSSR count). The number of rotatable bonds is 6. The summed E-state index contributed by atoms with van der Waals surface area (Å²) < 4.78 is 5.23. The summed E-state index contributed by atoms with van der Waals surface area (Å²) in [6.07, 6.45) is -0.263. The third-order valence-corrected chi connectivity index (χ3v) is 4.19. The van der Waals surface area contributed by atoms with E-state index in [1.807, 2.05) is 30.9 Å². The van der Waals surface area contributed by atoms with Crippen LogP contribution in [-0.2, 0) is 16.1 Å². The van der Waals surface area contributed by atoms with Gasteiger partial charge in [-0.1, -0.05) is 37.6 Å². The van der Waals surface area contributed by atoms with Gasteiger partial charge in [-0.3, -0.25) is 9.69 Å². The first kappa shape index (κ1) is 19.5. The zero-order valence-electron chi connectivity index (χ0n) is 14.8. The second-order valence-corrected chi connectivity index (χ2v) is 7.07. The highest BCUT2D eigenvalue weighted by atomic mass is 35.5. The normalized spacial score (nSPS) is 15.3. The van der Waals surface area contributed by atoms with Crippen LogP contribution in [0.2, 0.25) is 5.02 Å². The number of carbonyl (C=O) groups excluding carboxylic acids is 2. The van der Waals surface area contributed by atoms with Gasteiger partial charge < -0.3 is 15.0 Å². The number of piperazine rings is 1. The number of benzene rings is 1. The molecule has 2 amide bonds. The summed E-state index contributed by atoms with van der Waals surface area (Å²) in [5, 5.41) is 3.58. The standard InChI is InChI=1S/C18H26ClN3O3/c1-14(2)13-25-18(24)22-9-7-21(8-10-22)12-17(23)20-11-15-3-5-16(19)6-4-15/h3-6,14H,7-13H2,1-2H3,(H,20,23). The molecule has 1 fully saturated rings. The Bertz CT molecular complexity index is 569. The zero-order chi connectivity index (χ0) is 18.2. The summed E-state index contributed by atoms with van der Waals surface area (Å²) in [6.45, 7) is 7.78. The van der Waals surface area contributed by atoms with Crippen molar-refractivity contribution in [3.63, 3.8) is 0 Å². The second-order valence-electron chi connectivity index (χ2n) is 6.64. The van der Waals surface area contributed by atoms with Gasteiger partial charge in [0, 0.05) is 37.7 Å². The molecule has 1 N–H and O–H groups in total. The number of amides is 2. The topological polar surface area (TPSA) is 61.9 Å². The molecule has 0 radical (unpaired) electrons. The number of ether oxygens (including phenoxy) is 1. The number of halogens is 1. The second kappa shape index (κ2) is 9.63. The molecule has 1 aliphatic heterocycles. The number of hydrogen-bond acceptors (Lipinski definition) is 4. The summed E-state index contributed by atoms with van der Waals surface area (Å²) in [7, 11) is 0. The third-order valence-electron chi connectivity index (χ3n) is 3.94. The van der Waals surface area contributed by atoms with Gasteiger partial charge >= 0.3 is 6.09 Å². The van der Waals surface area contributed by atoms with E-state index >= 15 is 0 Å². The van der Waals surface area contributed by atoms with Crippen molar-refractivity contribution in [2.45, 2.75) is 20.4 Å². The molecule has 0 unspecified atom stereocenters. The van der Waals surface area contributed by atoms with Crippen molar-refractivity contribution in [1.82, 2.24) is 15.1 Å². The quantitative estimate of drug-likeness (QED) is 0.838. The van der Waals surface area contributed by atoms with Crippen LogP contribution in [0.4, 0.5) is 4.79 Å². The molecule has 138 valence electrons. The van der Waals surface area contributed by atoms with Crippen molar-refractivity contribution in [1.29, 1.82) is 0 Å². The maximum Gasteiger partial charge on any atom is 0.409 e. The Labute approximate surface area is 154 Å². The van der Waals surface area contributed by atoms with E-state index in [-0.39, 0.29) is 12.0 Å². The summed E-state index contributed by atoms with van der Waals surface area (Å²) in [5.74, 6) is 0.306. The van der Waals surface area contributed by atoms with Crippen LogP contribution in [0.25, 0.3) is 0 Å². The SMILES string of the molecule is CC(C)COC(=O)N1CCN(CC(=O)NCc2ccc(Cl)cc2)CC1. The first-order valence-electron chi connectivity index (χ1n) is 8.59. The fourth-order valence-corrected chi connectivity index (χ4v) is 2.61. The Morgan fingerprint density at radius 2 is 1.80 bits per heavy atom. The van der Waals surface area contributed by atoms with E-state index in [2.05, 4.69) is 5.32 Å². The number of hydrogen-bond donors (Lipinski definition) is 1. The van der Waals surface area contributed by atoms with Crippen LogP contribution in [0.3, 0.4) is 0 Å². The van der Waals surface area contributed by atoms with Crippen LogP contribution in [0.1, 0.15) is 19.4 Å². The average Bonchev–Trinajstić information content (AvgIpc) is 2.60. The highest BCUT2D eigenvalue weighted by molar-refractivity contribution is 6.30. The lowest BCUT2D eigenvalue weighted by Crippen LogP contribution is -2.51. The molecule has 1 aliphatic rings. The van der Waals surface area contributed by atoms with E-state index in [1.165, 1.54) is 0 Å². The van der Waals surface area contributed by atoms with Crippen LogP contribution in [0.5, 0.6) is 0 Å². The number of nitrogens with one attached hydrogen (secondary N) is 1. The van der Waals surface area contributed by atoms with Crippen molar-refractivity contribution in [3.8, 4) is 0 Å². The minimum atomic E-state index is -0.263. The largest absolute Gasteiger partial charge is 0.449 e. The fourth-order valence-electron chi connectivity index (χ4n) is 2.48. The first-order chi connectivity index (χ1) is 11.9. The predicted molar refractivity (Wildman–Crippen MR) is 97.5 cm³/mol. The lowest BCUT2D eigenvalue weighted by Gasteiger charge is -2.33. The van der Waals surface area contributed by atoms with Gasteiger partial charge in [-0.2, -0.15) is 0 Å². The molecule has 1 heterocycles. The predicted octanol–water partition coefficient (Wildman–Crippen LogP) is 2.37. The molecule has 7 heteroatoms. The maximum atomic E-state index is 12.1. The summed E-state index contributed by atoms with van der Waals surface area (Å²) >= 11 is 5.84. The van der Waals surface area contributed by atoms with Crippen molar-refractivity contribution in [2.75, 3.05) is 39.3 Å². The lowest BCUT2D eigenvalue weighted by molar-refractivity contribution is -0.122. The molecule has 0 saturated carbocycles. The molecule has 0 aliphatic carbocycles. The Hall–Kier alpha value is -1.79. The molecular weight excluding hydrogens is 342 g/mol. The third kappa shape index (κ3) is 6.92. The number of nitrogens with zero attached hydrogens (tertiary/aromatic N) is 2. The van der Waals surface area contributed by atoms with E-state index < -0.39 is 0 Å². The molecule has 25 heavy (non-hydrogen) atoms. The van der Waals surface area contributed by atoms with E-state index in [0.29, 0.717) is 56.8 Å². The molecular formula is C18H26ClN3O3. The average molecular weight is 368 g/mol. The molecule has 6 nitrogen and oxygen atoms in total. The Morgan fingerprint density at radius 3 is 2.40 bits per heavy atom. The molecule has 0 bridgehead atoms. The van der Waals surface area contributed by atoms with Crippen LogP contribution >= 0.6 is 11.6 Å². The van der Waals surface area contributed by atoms with Crippen LogP contribution in [0.15, 0.2) is 24.3 Å². The Kier molecular flexibility index (Phi) is 7.52. The van der Waals surface area contributed by atoms with Gasteiger partial charge in [0.15, 0.2) is 0 Å². The van der Waals surface area contributed by atoms with Crippen molar-refractivity contribution >= 4 is 23.6 Å². The number of carbonyl (C=O) groups is 2. The Balaban J connectivity index is 1.66. The summed E-state index contributed by atoms with van der Waals surface area (Å²) in [6, 6.07) is 7.40. The van der Waals surface area contributed by atoms with Gasteiger partial charge in [-0.25, -0.2) is 4.79 Å². The van der Waals surface area contributed by atoms with Crippen LogP contribution in [-0.4, -0.2) is 61.1 Å². The molecule has 0 atom stereocenters. The van der Waals surface area contributed by atoms with Crippen molar-refractivity contribution in [3.05, 3.63) is 34.9 Å².